The highest BCUT2D eigenvalue weighted by Crippen LogP contribution is 2.36. The average Bonchev–Trinajstić information content (AvgIpc) is 2.84. The molecule has 3 aromatic rings. The lowest BCUT2D eigenvalue weighted by atomic mass is 9.87. The molecule has 0 bridgehead atoms. The molecule has 3 aromatic carbocycles. The van der Waals surface area contributed by atoms with Gasteiger partial charge in [0.05, 0.1) is 13.2 Å². The summed E-state index contributed by atoms with van der Waals surface area (Å²) >= 11 is 0. The van der Waals surface area contributed by atoms with E-state index in [-0.39, 0.29) is 12.4 Å². The molecule has 0 amide bonds. The fraction of sp³-hybridized carbons (Fsp3) is 0.259. The quantitative estimate of drug-likeness (QED) is 0.536. The van der Waals surface area contributed by atoms with Crippen molar-refractivity contribution in [3.8, 4) is 5.75 Å². The van der Waals surface area contributed by atoms with Gasteiger partial charge in [-0.05, 0) is 64.9 Å². The van der Waals surface area contributed by atoms with E-state index in [2.05, 4.69) is 41.3 Å². The molecule has 0 aromatic heterocycles. The van der Waals surface area contributed by atoms with Gasteiger partial charge in [-0.1, -0.05) is 54.6 Å². The molecule has 4 rings (SSSR count). The van der Waals surface area contributed by atoms with Crippen molar-refractivity contribution in [2.24, 2.45) is 0 Å². The molecule has 4 heteroatoms. The van der Waals surface area contributed by atoms with Gasteiger partial charge in [-0.25, -0.2) is 0 Å². The summed E-state index contributed by atoms with van der Waals surface area (Å²) in [6, 6.07) is 26.4. The first-order valence-electron chi connectivity index (χ1n) is 10.9. The molecular weight excluding hydrogens is 386 g/mol. The summed E-state index contributed by atoms with van der Waals surface area (Å²) in [5.41, 5.74) is 6.85. The zero-order valence-corrected chi connectivity index (χ0v) is 17.7. The van der Waals surface area contributed by atoms with E-state index in [1.807, 2.05) is 30.3 Å². The van der Waals surface area contributed by atoms with Crippen molar-refractivity contribution in [1.82, 2.24) is 0 Å². The lowest BCUT2D eigenvalue weighted by Crippen LogP contribution is -2.36. The molecule has 2 N–H and O–H groups in total. The SMILES string of the molecule is OCCCC(=C(c1ccc(O)cc1)c1ccc(N2CCOCC2)cc1)c1ccccc1. The minimum Gasteiger partial charge on any atom is -0.508 e. The van der Waals surface area contributed by atoms with Crippen molar-refractivity contribution in [1.29, 1.82) is 0 Å². The fourth-order valence-electron chi connectivity index (χ4n) is 4.11. The normalized spacial score (nSPS) is 14.9. The van der Waals surface area contributed by atoms with Crippen molar-refractivity contribution < 1.29 is 14.9 Å². The number of allylic oxidation sites excluding steroid dienone is 1. The highest BCUT2D eigenvalue weighted by Gasteiger charge is 2.16. The first-order chi connectivity index (χ1) is 15.3. The average molecular weight is 416 g/mol. The molecular formula is C27H29NO3. The lowest BCUT2D eigenvalue weighted by molar-refractivity contribution is 0.122. The van der Waals surface area contributed by atoms with Crippen LogP contribution in [0.1, 0.15) is 29.5 Å². The summed E-state index contributed by atoms with van der Waals surface area (Å²) in [4.78, 5) is 2.35. The minimum atomic E-state index is 0.148. The topological polar surface area (TPSA) is 52.9 Å². The molecule has 0 atom stereocenters. The Labute approximate surface area is 184 Å². The maximum absolute atomic E-state index is 9.82. The van der Waals surface area contributed by atoms with Crippen LogP contribution >= 0.6 is 0 Å². The second kappa shape index (κ2) is 10.3. The van der Waals surface area contributed by atoms with Crippen molar-refractivity contribution in [2.45, 2.75) is 12.8 Å². The van der Waals surface area contributed by atoms with Crippen LogP contribution in [0.5, 0.6) is 5.75 Å². The lowest BCUT2D eigenvalue weighted by Gasteiger charge is -2.29. The molecule has 0 unspecified atom stereocenters. The molecule has 0 radical (unpaired) electrons. The molecule has 0 spiro atoms. The summed E-state index contributed by atoms with van der Waals surface area (Å²) in [6.45, 7) is 3.49. The molecule has 0 aliphatic carbocycles. The number of ether oxygens (including phenoxy) is 1. The van der Waals surface area contributed by atoms with E-state index in [0.717, 1.165) is 55.0 Å². The van der Waals surface area contributed by atoms with Gasteiger partial charge >= 0.3 is 0 Å². The third-order valence-corrected chi connectivity index (χ3v) is 5.70. The van der Waals surface area contributed by atoms with Crippen LogP contribution in [-0.2, 0) is 4.74 Å². The zero-order valence-electron chi connectivity index (χ0n) is 17.7. The van der Waals surface area contributed by atoms with E-state index >= 15 is 0 Å². The van der Waals surface area contributed by atoms with Gasteiger partial charge in [-0.15, -0.1) is 0 Å². The number of morpholine rings is 1. The number of hydrogen-bond donors (Lipinski definition) is 2. The van der Waals surface area contributed by atoms with Crippen LogP contribution < -0.4 is 4.90 Å². The molecule has 160 valence electrons. The first kappa shape index (κ1) is 21.2. The van der Waals surface area contributed by atoms with Crippen molar-refractivity contribution in [3.05, 3.63) is 95.6 Å². The molecule has 1 fully saturated rings. The van der Waals surface area contributed by atoms with Gasteiger partial charge in [0.15, 0.2) is 0 Å². The standard InChI is InChI=1S/C27H29NO3/c29-18-4-7-26(21-5-2-1-3-6-21)27(23-10-14-25(30)15-11-23)22-8-12-24(13-9-22)28-16-19-31-20-17-28/h1-3,5-6,8-15,29-30H,4,7,16-20H2. The number of aliphatic hydroxyl groups is 1. The largest absolute Gasteiger partial charge is 0.508 e. The first-order valence-corrected chi connectivity index (χ1v) is 10.9. The Morgan fingerprint density at radius 2 is 1.39 bits per heavy atom. The summed E-state index contributed by atoms with van der Waals surface area (Å²) in [7, 11) is 0. The summed E-state index contributed by atoms with van der Waals surface area (Å²) in [5, 5.41) is 19.4. The summed E-state index contributed by atoms with van der Waals surface area (Å²) in [5.74, 6) is 0.252. The Morgan fingerprint density at radius 3 is 2.00 bits per heavy atom. The fourth-order valence-corrected chi connectivity index (χ4v) is 4.11. The Hall–Kier alpha value is -3.08. The molecule has 1 aliphatic rings. The highest BCUT2D eigenvalue weighted by molar-refractivity contribution is 5.98. The Bertz CT molecular complexity index is 989. The van der Waals surface area contributed by atoms with Gasteiger partial charge in [-0.2, -0.15) is 0 Å². The molecule has 4 nitrogen and oxygen atoms in total. The van der Waals surface area contributed by atoms with E-state index in [0.29, 0.717) is 6.42 Å². The van der Waals surface area contributed by atoms with Crippen molar-refractivity contribution in [2.75, 3.05) is 37.8 Å². The van der Waals surface area contributed by atoms with E-state index in [1.165, 1.54) is 11.3 Å². The summed E-state index contributed by atoms with van der Waals surface area (Å²) in [6.07, 6.45) is 1.46. The van der Waals surface area contributed by atoms with Crippen LogP contribution in [0.15, 0.2) is 78.9 Å². The van der Waals surface area contributed by atoms with Gasteiger partial charge in [0.2, 0.25) is 0 Å². The number of aliphatic hydroxyl groups excluding tert-OH is 1. The summed E-state index contributed by atoms with van der Waals surface area (Å²) < 4.78 is 5.48. The van der Waals surface area contributed by atoms with Crippen LogP contribution in [0.3, 0.4) is 0 Å². The third-order valence-electron chi connectivity index (χ3n) is 5.70. The smallest absolute Gasteiger partial charge is 0.115 e. The molecule has 1 heterocycles. The van der Waals surface area contributed by atoms with Crippen LogP contribution in [0.4, 0.5) is 5.69 Å². The van der Waals surface area contributed by atoms with Crippen LogP contribution in [0.25, 0.3) is 11.1 Å². The maximum atomic E-state index is 9.82. The number of nitrogens with zero attached hydrogens (tertiary/aromatic N) is 1. The second-order valence-electron chi connectivity index (χ2n) is 7.74. The van der Waals surface area contributed by atoms with Gasteiger partial charge in [0.25, 0.3) is 0 Å². The molecule has 1 saturated heterocycles. The predicted molar refractivity (Wildman–Crippen MR) is 126 cm³/mol. The van der Waals surface area contributed by atoms with Crippen LogP contribution in [0.2, 0.25) is 0 Å². The van der Waals surface area contributed by atoms with Gasteiger partial charge in [0.1, 0.15) is 5.75 Å². The zero-order chi connectivity index (χ0) is 21.5. The third kappa shape index (κ3) is 5.16. The number of phenols is 1. The van der Waals surface area contributed by atoms with Gasteiger partial charge in [-0.3, -0.25) is 0 Å². The maximum Gasteiger partial charge on any atom is 0.115 e. The monoisotopic (exact) mass is 415 g/mol. The van der Waals surface area contributed by atoms with Gasteiger partial charge in [0, 0.05) is 25.4 Å². The predicted octanol–water partition coefficient (Wildman–Crippen LogP) is 4.96. The van der Waals surface area contributed by atoms with Crippen molar-refractivity contribution >= 4 is 16.8 Å². The van der Waals surface area contributed by atoms with E-state index in [4.69, 9.17) is 4.74 Å². The Balaban J connectivity index is 1.81. The Kier molecular flexibility index (Phi) is 7.03. The highest BCUT2D eigenvalue weighted by atomic mass is 16.5. The number of hydrogen-bond acceptors (Lipinski definition) is 4. The molecule has 31 heavy (non-hydrogen) atoms. The number of aromatic hydroxyl groups is 1. The van der Waals surface area contributed by atoms with E-state index < -0.39 is 0 Å². The number of benzene rings is 3. The second-order valence-corrected chi connectivity index (χ2v) is 7.74. The molecule has 0 saturated carbocycles. The van der Waals surface area contributed by atoms with E-state index in [9.17, 15) is 10.2 Å². The number of anilines is 1. The van der Waals surface area contributed by atoms with E-state index in [1.54, 1.807) is 12.1 Å². The minimum absolute atomic E-state index is 0.148. The number of rotatable bonds is 7. The molecule has 1 aliphatic heterocycles. The van der Waals surface area contributed by atoms with Crippen LogP contribution in [-0.4, -0.2) is 43.1 Å². The Morgan fingerprint density at radius 1 is 0.774 bits per heavy atom. The van der Waals surface area contributed by atoms with Crippen molar-refractivity contribution in [3.63, 3.8) is 0 Å². The number of phenolic OH excluding ortho intramolecular Hbond substituents is 1. The van der Waals surface area contributed by atoms with Crippen LogP contribution in [0, 0.1) is 0 Å². The van der Waals surface area contributed by atoms with Gasteiger partial charge < -0.3 is 19.8 Å².